The number of carboxylic acid groups (broad SMARTS) is 1. The third kappa shape index (κ3) is 5.75. The number of carbonyl (C=O) groups excluding carboxylic acids is 2. The van der Waals surface area contributed by atoms with E-state index in [1.165, 1.54) is 0 Å². The lowest BCUT2D eigenvalue weighted by molar-refractivity contribution is -0.165. The largest absolute Gasteiger partial charge is 0.481 e. The second-order valence-electron chi connectivity index (χ2n) is 8.84. The van der Waals surface area contributed by atoms with Crippen LogP contribution >= 0.6 is 0 Å². The molecule has 0 bridgehead atoms. The molecule has 35 heavy (non-hydrogen) atoms. The number of carbonyl (C=O) groups is 3. The number of alkyl halides is 3. The van der Waals surface area contributed by atoms with Crippen LogP contribution in [-0.2, 0) is 14.3 Å². The average Bonchev–Trinajstić information content (AvgIpc) is 3.53. The number of halogens is 3. The number of aliphatic carboxylic acids is 1. The van der Waals surface area contributed by atoms with E-state index in [4.69, 9.17) is 9.84 Å². The van der Waals surface area contributed by atoms with E-state index in [0.717, 1.165) is 22.3 Å². The smallest absolute Gasteiger partial charge is 0.408 e. The van der Waals surface area contributed by atoms with Crippen LogP contribution < -0.4 is 10.6 Å². The third-order valence-electron chi connectivity index (χ3n) is 6.47. The summed E-state index contributed by atoms with van der Waals surface area (Å²) in [5.74, 6) is -3.23. The SMILES string of the molecule is O=C(O)CC[C@H](NC(=O)C1CC1CNC(=O)OCC1c2ccccc2-c2ccccc21)C(F)(F)F. The lowest BCUT2D eigenvalue weighted by Crippen LogP contribution is -2.46. The monoisotopic (exact) mass is 490 g/mol. The van der Waals surface area contributed by atoms with Crippen LogP contribution in [0.5, 0.6) is 0 Å². The molecule has 0 aliphatic heterocycles. The van der Waals surface area contributed by atoms with Crippen molar-refractivity contribution in [2.24, 2.45) is 11.8 Å². The van der Waals surface area contributed by atoms with Crippen LogP contribution in [0.2, 0.25) is 0 Å². The summed E-state index contributed by atoms with van der Waals surface area (Å²) in [6.45, 7) is 0.228. The van der Waals surface area contributed by atoms with Gasteiger partial charge in [-0.15, -0.1) is 0 Å². The highest BCUT2D eigenvalue weighted by Gasteiger charge is 2.47. The van der Waals surface area contributed by atoms with E-state index >= 15 is 0 Å². The van der Waals surface area contributed by atoms with Crippen LogP contribution in [0.3, 0.4) is 0 Å². The van der Waals surface area contributed by atoms with Crippen LogP contribution in [0.15, 0.2) is 48.5 Å². The molecule has 2 aromatic carbocycles. The molecule has 2 unspecified atom stereocenters. The molecule has 2 amide bonds. The molecule has 10 heteroatoms. The second kappa shape index (κ2) is 9.97. The molecule has 3 atom stereocenters. The summed E-state index contributed by atoms with van der Waals surface area (Å²) in [6.07, 6.45) is -6.51. The maximum Gasteiger partial charge on any atom is 0.408 e. The van der Waals surface area contributed by atoms with Gasteiger partial charge in [0.05, 0.1) is 0 Å². The Morgan fingerprint density at radius 3 is 2.20 bits per heavy atom. The summed E-state index contributed by atoms with van der Waals surface area (Å²) < 4.78 is 44.7. The van der Waals surface area contributed by atoms with Crippen molar-refractivity contribution in [1.29, 1.82) is 0 Å². The molecule has 2 aliphatic carbocycles. The Bertz CT molecular complexity index is 1070. The van der Waals surface area contributed by atoms with E-state index in [-0.39, 0.29) is 25.0 Å². The molecule has 3 N–H and O–H groups in total. The molecule has 1 fully saturated rings. The highest BCUT2D eigenvalue weighted by molar-refractivity contribution is 5.82. The van der Waals surface area contributed by atoms with E-state index in [9.17, 15) is 27.6 Å². The van der Waals surface area contributed by atoms with E-state index < -0.39 is 48.9 Å². The quantitative estimate of drug-likeness (QED) is 0.492. The molecule has 0 spiro atoms. The maximum absolute atomic E-state index is 13.1. The minimum atomic E-state index is -4.74. The highest BCUT2D eigenvalue weighted by atomic mass is 19.4. The number of hydrogen-bond acceptors (Lipinski definition) is 4. The summed E-state index contributed by atoms with van der Waals surface area (Å²) in [4.78, 5) is 35.0. The van der Waals surface area contributed by atoms with Crippen molar-refractivity contribution in [1.82, 2.24) is 10.6 Å². The number of nitrogens with one attached hydrogen (secondary N) is 2. The number of fused-ring (bicyclic) bond motifs is 3. The predicted octanol–water partition coefficient (Wildman–Crippen LogP) is 4.07. The van der Waals surface area contributed by atoms with Crippen molar-refractivity contribution >= 4 is 18.0 Å². The van der Waals surface area contributed by atoms with Gasteiger partial charge in [0.2, 0.25) is 5.91 Å². The topological polar surface area (TPSA) is 105 Å². The number of alkyl carbamates (subject to hydrolysis) is 1. The summed E-state index contributed by atoms with van der Waals surface area (Å²) in [5, 5.41) is 13.1. The first-order valence-corrected chi connectivity index (χ1v) is 11.3. The summed E-state index contributed by atoms with van der Waals surface area (Å²) >= 11 is 0. The average molecular weight is 490 g/mol. The number of ether oxygens (including phenoxy) is 1. The molecular formula is C25H25F3N2O5. The Morgan fingerprint density at radius 1 is 1.03 bits per heavy atom. The molecule has 0 heterocycles. The fraction of sp³-hybridized carbons (Fsp3) is 0.400. The van der Waals surface area contributed by atoms with Crippen molar-refractivity contribution in [3.63, 3.8) is 0 Å². The van der Waals surface area contributed by atoms with Crippen LogP contribution in [0.25, 0.3) is 11.1 Å². The Morgan fingerprint density at radius 2 is 1.63 bits per heavy atom. The number of benzene rings is 2. The molecule has 1 saturated carbocycles. The molecule has 0 saturated heterocycles. The van der Waals surface area contributed by atoms with Crippen molar-refractivity contribution in [3.8, 4) is 11.1 Å². The van der Waals surface area contributed by atoms with Crippen LogP contribution in [0.4, 0.5) is 18.0 Å². The van der Waals surface area contributed by atoms with Crippen LogP contribution in [-0.4, -0.2) is 48.4 Å². The van der Waals surface area contributed by atoms with E-state index in [1.54, 1.807) is 0 Å². The number of carboxylic acids is 1. The minimum absolute atomic E-state index is 0.0978. The van der Waals surface area contributed by atoms with Gasteiger partial charge in [-0.2, -0.15) is 13.2 Å². The van der Waals surface area contributed by atoms with Gasteiger partial charge in [0.25, 0.3) is 0 Å². The Labute approximate surface area is 199 Å². The van der Waals surface area contributed by atoms with Gasteiger partial charge in [-0.05, 0) is 41.0 Å². The molecular weight excluding hydrogens is 465 g/mol. The standard InChI is InChI=1S/C25H25F3N2O5/c26-25(27,28)21(9-10-22(31)32)30-23(33)19-11-14(19)12-29-24(34)35-13-20-17-7-3-1-5-15(17)16-6-2-4-8-18(16)20/h1-8,14,19-21H,9-13H2,(H,29,34)(H,30,33)(H,31,32)/t14?,19?,21-/m0/s1. The van der Waals surface area contributed by atoms with Crippen molar-refractivity contribution in [2.75, 3.05) is 13.2 Å². The first kappa shape index (κ1) is 24.6. The number of amides is 2. The minimum Gasteiger partial charge on any atom is -0.481 e. The Kier molecular flexibility index (Phi) is 7.00. The second-order valence-corrected chi connectivity index (χ2v) is 8.84. The van der Waals surface area contributed by atoms with Gasteiger partial charge in [-0.1, -0.05) is 48.5 Å². The van der Waals surface area contributed by atoms with Gasteiger partial charge in [-0.25, -0.2) is 4.79 Å². The third-order valence-corrected chi connectivity index (χ3v) is 6.47. The van der Waals surface area contributed by atoms with Crippen molar-refractivity contribution in [3.05, 3.63) is 59.7 Å². The lowest BCUT2D eigenvalue weighted by Gasteiger charge is -2.21. The molecule has 2 aliphatic rings. The van der Waals surface area contributed by atoms with E-state index in [2.05, 4.69) is 5.32 Å². The molecule has 186 valence electrons. The maximum atomic E-state index is 13.1. The zero-order valence-electron chi connectivity index (χ0n) is 18.7. The van der Waals surface area contributed by atoms with E-state index in [0.29, 0.717) is 6.42 Å². The normalized spacial score (nSPS) is 19.3. The summed E-state index contributed by atoms with van der Waals surface area (Å²) in [6, 6.07) is 13.6. The number of rotatable bonds is 9. The predicted molar refractivity (Wildman–Crippen MR) is 120 cm³/mol. The van der Waals surface area contributed by atoms with Crippen LogP contribution in [0, 0.1) is 11.8 Å². The van der Waals surface area contributed by atoms with E-state index in [1.807, 2.05) is 53.8 Å². The van der Waals surface area contributed by atoms with Gasteiger partial charge in [0.1, 0.15) is 12.6 Å². The van der Waals surface area contributed by atoms with Crippen molar-refractivity contribution in [2.45, 2.75) is 37.4 Å². The Balaban J connectivity index is 1.24. The zero-order chi connectivity index (χ0) is 25.2. The molecule has 4 rings (SSSR count). The molecule has 7 nitrogen and oxygen atoms in total. The molecule has 0 radical (unpaired) electrons. The van der Waals surface area contributed by atoms with Gasteiger partial charge < -0.3 is 20.5 Å². The molecule has 0 aromatic heterocycles. The van der Waals surface area contributed by atoms with Gasteiger partial charge in [0, 0.05) is 24.8 Å². The van der Waals surface area contributed by atoms with Gasteiger partial charge >= 0.3 is 18.2 Å². The molecule has 2 aromatic rings. The zero-order valence-corrected chi connectivity index (χ0v) is 18.7. The first-order chi connectivity index (χ1) is 16.6. The van der Waals surface area contributed by atoms with Gasteiger partial charge in [0.15, 0.2) is 0 Å². The number of hydrogen-bond donors (Lipinski definition) is 3. The summed E-state index contributed by atoms with van der Waals surface area (Å²) in [5.41, 5.74) is 4.35. The fourth-order valence-corrected chi connectivity index (χ4v) is 4.52. The lowest BCUT2D eigenvalue weighted by atomic mass is 9.98. The first-order valence-electron chi connectivity index (χ1n) is 11.3. The van der Waals surface area contributed by atoms with Gasteiger partial charge in [-0.3, -0.25) is 9.59 Å². The van der Waals surface area contributed by atoms with Crippen LogP contribution in [0.1, 0.15) is 36.3 Å². The highest BCUT2D eigenvalue weighted by Crippen LogP contribution is 2.44. The Hall–Kier alpha value is -3.56. The van der Waals surface area contributed by atoms with Crippen molar-refractivity contribution < 1.29 is 37.4 Å². The fourth-order valence-electron chi connectivity index (χ4n) is 4.52. The summed E-state index contributed by atoms with van der Waals surface area (Å²) in [7, 11) is 0.